The molecule has 0 unspecified atom stereocenters. The predicted octanol–water partition coefficient (Wildman–Crippen LogP) is 4.45. The van der Waals surface area contributed by atoms with Crippen LogP contribution in [0.2, 0.25) is 0 Å². The van der Waals surface area contributed by atoms with E-state index in [0.29, 0.717) is 11.2 Å². The zero-order valence-corrected chi connectivity index (χ0v) is 11.6. The highest BCUT2D eigenvalue weighted by Gasteiger charge is 2.11. The van der Waals surface area contributed by atoms with Crippen LogP contribution in [0.15, 0.2) is 40.9 Å². The molecule has 2 N–H and O–H groups in total. The van der Waals surface area contributed by atoms with E-state index in [1.54, 1.807) is 6.07 Å². The number of halogens is 2. The van der Waals surface area contributed by atoms with Gasteiger partial charge >= 0.3 is 0 Å². The van der Waals surface area contributed by atoms with Crippen molar-refractivity contribution in [2.45, 2.75) is 0 Å². The zero-order valence-electron chi connectivity index (χ0n) is 9.15. The average Bonchev–Trinajstić information content (AvgIpc) is 2.75. The summed E-state index contributed by atoms with van der Waals surface area (Å²) in [5.74, 6) is -0.276. The smallest absolute Gasteiger partial charge is 0.126 e. The van der Waals surface area contributed by atoms with Gasteiger partial charge in [0.15, 0.2) is 0 Å². The number of hydrogen-bond acceptors (Lipinski definition) is 3. The quantitative estimate of drug-likeness (QED) is 0.672. The summed E-state index contributed by atoms with van der Waals surface area (Å²) in [5.41, 5.74) is 8.19. The monoisotopic (exact) mass is 322 g/mol. The number of aromatic nitrogens is 1. The number of nitrogens with two attached hydrogens (primary N) is 1. The standard InChI is InChI=1S/C13H8BrFN2S/c14-9-3-1-2-8(12(9)16)13-17-10-6-7(15)4-5-11(10)18-13/h1-6H,16H2. The summed E-state index contributed by atoms with van der Waals surface area (Å²) < 4.78 is 14.9. The number of nitrogens with zero attached hydrogens (tertiary/aromatic N) is 1. The van der Waals surface area contributed by atoms with E-state index in [9.17, 15) is 4.39 Å². The van der Waals surface area contributed by atoms with Gasteiger partial charge in [0, 0.05) is 16.1 Å². The molecule has 0 aliphatic carbocycles. The van der Waals surface area contributed by atoms with E-state index in [0.717, 1.165) is 19.7 Å². The van der Waals surface area contributed by atoms with Crippen molar-refractivity contribution in [2.24, 2.45) is 0 Å². The van der Waals surface area contributed by atoms with E-state index in [1.165, 1.54) is 23.5 Å². The summed E-state index contributed by atoms with van der Waals surface area (Å²) in [6.45, 7) is 0. The normalized spacial score (nSPS) is 11.0. The Kier molecular flexibility index (Phi) is 2.80. The number of para-hydroxylation sites is 1. The maximum Gasteiger partial charge on any atom is 0.126 e. The number of fused-ring (bicyclic) bond motifs is 1. The maximum absolute atomic E-state index is 13.1. The van der Waals surface area contributed by atoms with Crippen LogP contribution < -0.4 is 5.73 Å². The number of nitrogen functional groups attached to an aromatic ring is 1. The van der Waals surface area contributed by atoms with Gasteiger partial charge in [0.25, 0.3) is 0 Å². The molecular formula is C13H8BrFN2S. The van der Waals surface area contributed by atoms with Gasteiger partial charge in [-0.3, -0.25) is 0 Å². The Labute approximate surface area is 115 Å². The largest absolute Gasteiger partial charge is 0.397 e. The van der Waals surface area contributed by atoms with E-state index < -0.39 is 0 Å². The van der Waals surface area contributed by atoms with E-state index in [-0.39, 0.29) is 5.82 Å². The van der Waals surface area contributed by atoms with Crippen molar-refractivity contribution < 1.29 is 4.39 Å². The molecule has 2 aromatic carbocycles. The number of anilines is 1. The Bertz CT molecular complexity index is 739. The minimum absolute atomic E-state index is 0.276. The molecule has 0 fully saturated rings. The van der Waals surface area contributed by atoms with Gasteiger partial charge in [0.2, 0.25) is 0 Å². The van der Waals surface area contributed by atoms with Crippen LogP contribution in [0, 0.1) is 5.82 Å². The van der Waals surface area contributed by atoms with Crippen LogP contribution in [0.3, 0.4) is 0 Å². The van der Waals surface area contributed by atoms with E-state index in [4.69, 9.17) is 5.73 Å². The van der Waals surface area contributed by atoms with Gasteiger partial charge in [0.1, 0.15) is 10.8 Å². The Balaban J connectivity index is 2.22. The van der Waals surface area contributed by atoms with Crippen LogP contribution in [0.4, 0.5) is 10.1 Å². The van der Waals surface area contributed by atoms with Crippen molar-refractivity contribution in [1.29, 1.82) is 0 Å². The number of rotatable bonds is 1. The lowest BCUT2D eigenvalue weighted by Gasteiger charge is -2.03. The molecule has 0 saturated heterocycles. The van der Waals surface area contributed by atoms with Gasteiger partial charge in [-0.05, 0) is 40.2 Å². The Morgan fingerprint density at radius 2 is 2.06 bits per heavy atom. The fraction of sp³-hybridized carbons (Fsp3) is 0. The van der Waals surface area contributed by atoms with Crippen LogP contribution in [-0.2, 0) is 0 Å². The lowest BCUT2D eigenvalue weighted by molar-refractivity contribution is 0.629. The summed E-state index contributed by atoms with van der Waals surface area (Å²) in [6.07, 6.45) is 0. The third-order valence-corrected chi connectivity index (χ3v) is 4.39. The van der Waals surface area contributed by atoms with Gasteiger partial charge in [-0.25, -0.2) is 9.37 Å². The molecule has 2 nitrogen and oxygen atoms in total. The third-order valence-electron chi connectivity index (χ3n) is 2.63. The predicted molar refractivity (Wildman–Crippen MR) is 77.1 cm³/mol. The van der Waals surface area contributed by atoms with Crippen molar-refractivity contribution in [3.63, 3.8) is 0 Å². The van der Waals surface area contributed by atoms with Gasteiger partial charge in [-0.1, -0.05) is 6.07 Å². The second-order valence-electron chi connectivity index (χ2n) is 3.83. The molecule has 0 bridgehead atoms. The SMILES string of the molecule is Nc1c(Br)cccc1-c1nc2cc(F)ccc2s1. The summed E-state index contributed by atoms with van der Waals surface area (Å²) in [6, 6.07) is 10.3. The zero-order chi connectivity index (χ0) is 12.7. The highest BCUT2D eigenvalue weighted by molar-refractivity contribution is 9.10. The van der Waals surface area contributed by atoms with Gasteiger partial charge in [-0.15, -0.1) is 11.3 Å². The van der Waals surface area contributed by atoms with Crippen molar-refractivity contribution in [3.05, 3.63) is 46.7 Å². The first-order chi connectivity index (χ1) is 8.65. The highest BCUT2D eigenvalue weighted by Crippen LogP contribution is 2.36. The molecule has 1 heterocycles. The topological polar surface area (TPSA) is 38.9 Å². The van der Waals surface area contributed by atoms with Crippen LogP contribution in [-0.4, -0.2) is 4.98 Å². The summed E-state index contributed by atoms with van der Waals surface area (Å²) in [4.78, 5) is 4.42. The summed E-state index contributed by atoms with van der Waals surface area (Å²) in [5, 5.41) is 0.800. The molecule has 3 aromatic rings. The molecule has 0 aliphatic rings. The third kappa shape index (κ3) is 1.89. The second-order valence-corrected chi connectivity index (χ2v) is 5.72. The van der Waals surface area contributed by atoms with E-state index in [1.807, 2.05) is 18.2 Å². The van der Waals surface area contributed by atoms with Gasteiger partial charge in [0.05, 0.1) is 15.9 Å². The summed E-state index contributed by atoms with van der Waals surface area (Å²) in [7, 11) is 0. The molecular weight excluding hydrogens is 315 g/mol. The first kappa shape index (κ1) is 11.6. The van der Waals surface area contributed by atoms with Crippen LogP contribution >= 0.6 is 27.3 Å². The first-order valence-corrected chi connectivity index (χ1v) is 6.86. The average molecular weight is 323 g/mol. The van der Waals surface area contributed by atoms with E-state index in [2.05, 4.69) is 20.9 Å². The molecule has 0 radical (unpaired) electrons. The van der Waals surface area contributed by atoms with Crippen LogP contribution in [0.1, 0.15) is 0 Å². The molecule has 0 amide bonds. The number of hydrogen-bond donors (Lipinski definition) is 1. The molecule has 0 aliphatic heterocycles. The lowest BCUT2D eigenvalue weighted by Crippen LogP contribution is -1.90. The number of thiazole rings is 1. The minimum Gasteiger partial charge on any atom is -0.397 e. The molecule has 3 rings (SSSR count). The maximum atomic E-state index is 13.1. The Morgan fingerprint density at radius 1 is 1.22 bits per heavy atom. The van der Waals surface area contributed by atoms with Crippen molar-refractivity contribution in [2.75, 3.05) is 5.73 Å². The molecule has 5 heteroatoms. The summed E-state index contributed by atoms with van der Waals surface area (Å²) >= 11 is 4.89. The Hall–Kier alpha value is -1.46. The highest BCUT2D eigenvalue weighted by atomic mass is 79.9. The number of benzene rings is 2. The van der Waals surface area contributed by atoms with Crippen molar-refractivity contribution in [3.8, 4) is 10.6 Å². The van der Waals surface area contributed by atoms with Crippen molar-refractivity contribution >= 4 is 43.2 Å². The van der Waals surface area contributed by atoms with Crippen molar-refractivity contribution in [1.82, 2.24) is 4.98 Å². The molecule has 0 spiro atoms. The van der Waals surface area contributed by atoms with E-state index >= 15 is 0 Å². The lowest BCUT2D eigenvalue weighted by atomic mass is 10.2. The first-order valence-electron chi connectivity index (χ1n) is 5.25. The molecule has 1 aromatic heterocycles. The molecule has 90 valence electrons. The van der Waals surface area contributed by atoms with Crippen LogP contribution in [0.25, 0.3) is 20.8 Å². The van der Waals surface area contributed by atoms with Crippen LogP contribution in [0.5, 0.6) is 0 Å². The minimum atomic E-state index is -0.276. The molecule has 0 saturated carbocycles. The van der Waals surface area contributed by atoms with Gasteiger partial charge in [-0.2, -0.15) is 0 Å². The second kappa shape index (κ2) is 4.33. The molecule has 0 atom stereocenters. The van der Waals surface area contributed by atoms with Gasteiger partial charge < -0.3 is 5.73 Å². The Morgan fingerprint density at radius 3 is 2.89 bits per heavy atom. The fourth-order valence-corrected chi connectivity index (χ4v) is 3.09. The molecule has 18 heavy (non-hydrogen) atoms. The fourth-order valence-electron chi connectivity index (χ4n) is 1.74.